The second-order valence-electron chi connectivity index (χ2n) is 4.26. The van der Waals surface area contributed by atoms with Crippen LogP contribution in [0.2, 0.25) is 0 Å². The Morgan fingerprint density at radius 3 is 2.41 bits per heavy atom. The molecular weight excluding hydrogens is 293 g/mol. The van der Waals surface area contributed by atoms with Gasteiger partial charge in [-0.15, -0.1) is 0 Å². The number of hydrogen-bond donors (Lipinski definition) is 1. The van der Waals surface area contributed by atoms with Crippen LogP contribution in [0.1, 0.15) is 37.0 Å². The lowest BCUT2D eigenvalue weighted by Crippen LogP contribution is -2.17. The number of amides is 1. The van der Waals surface area contributed by atoms with Crippen molar-refractivity contribution in [2.75, 3.05) is 18.5 Å². The molecule has 1 aromatic carbocycles. The number of ether oxygens (including phenoxy) is 2. The van der Waals surface area contributed by atoms with E-state index in [2.05, 4.69) is 5.32 Å². The molecule has 7 heteroatoms. The first-order chi connectivity index (χ1) is 10.5. The molecule has 0 bridgehead atoms. The zero-order chi connectivity index (χ0) is 16.5. The second kappa shape index (κ2) is 8.76. The first kappa shape index (κ1) is 17.6. The average Bonchev–Trinajstić information content (AvgIpc) is 2.47. The molecule has 1 aromatic rings. The SMILES string of the molecule is CCOC(=O)CCC(=O)Nc1ccc(F)cc1C(=O)OCC. The molecule has 0 unspecified atom stereocenters. The van der Waals surface area contributed by atoms with Gasteiger partial charge in [-0.05, 0) is 32.0 Å². The molecule has 0 aliphatic rings. The summed E-state index contributed by atoms with van der Waals surface area (Å²) in [6, 6.07) is 3.37. The van der Waals surface area contributed by atoms with Crippen LogP contribution < -0.4 is 5.32 Å². The van der Waals surface area contributed by atoms with E-state index in [1.807, 2.05) is 0 Å². The molecule has 1 rings (SSSR count). The zero-order valence-corrected chi connectivity index (χ0v) is 12.5. The summed E-state index contributed by atoms with van der Waals surface area (Å²) in [7, 11) is 0. The topological polar surface area (TPSA) is 81.7 Å². The minimum Gasteiger partial charge on any atom is -0.466 e. The van der Waals surface area contributed by atoms with Crippen molar-refractivity contribution in [1.29, 1.82) is 0 Å². The van der Waals surface area contributed by atoms with E-state index in [0.717, 1.165) is 12.1 Å². The fourth-order valence-electron chi connectivity index (χ4n) is 1.66. The van der Waals surface area contributed by atoms with Gasteiger partial charge in [-0.3, -0.25) is 9.59 Å². The van der Waals surface area contributed by atoms with Crippen molar-refractivity contribution < 1.29 is 28.2 Å². The van der Waals surface area contributed by atoms with Crippen LogP contribution in [0.5, 0.6) is 0 Å². The largest absolute Gasteiger partial charge is 0.466 e. The Balaban J connectivity index is 2.74. The molecule has 0 heterocycles. The van der Waals surface area contributed by atoms with E-state index in [1.165, 1.54) is 6.07 Å². The average molecular weight is 311 g/mol. The second-order valence-corrected chi connectivity index (χ2v) is 4.26. The summed E-state index contributed by atoms with van der Waals surface area (Å²) in [4.78, 5) is 34.7. The summed E-state index contributed by atoms with van der Waals surface area (Å²) in [5.74, 6) is -2.32. The Kier molecular flexibility index (Phi) is 7.01. The van der Waals surface area contributed by atoms with Gasteiger partial charge in [0.05, 0.1) is 30.9 Å². The van der Waals surface area contributed by atoms with Crippen LogP contribution in [0.4, 0.5) is 10.1 Å². The van der Waals surface area contributed by atoms with E-state index in [-0.39, 0.29) is 37.3 Å². The van der Waals surface area contributed by atoms with Gasteiger partial charge in [0.1, 0.15) is 5.82 Å². The first-order valence-corrected chi connectivity index (χ1v) is 6.90. The molecular formula is C15H18FNO5. The van der Waals surface area contributed by atoms with E-state index in [0.29, 0.717) is 0 Å². The van der Waals surface area contributed by atoms with Crippen LogP contribution in [0.25, 0.3) is 0 Å². The minimum atomic E-state index is -0.734. The van der Waals surface area contributed by atoms with Gasteiger partial charge >= 0.3 is 11.9 Å². The molecule has 1 amide bonds. The highest BCUT2D eigenvalue weighted by Crippen LogP contribution is 2.18. The molecule has 0 atom stereocenters. The summed E-state index contributed by atoms with van der Waals surface area (Å²) in [6.45, 7) is 3.66. The van der Waals surface area contributed by atoms with Crippen LogP contribution in [0.3, 0.4) is 0 Å². The monoisotopic (exact) mass is 311 g/mol. The molecule has 0 spiro atoms. The summed E-state index contributed by atoms with van der Waals surface area (Å²) in [5, 5.41) is 2.46. The van der Waals surface area contributed by atoms with Crippen LogP contribution in [0.15, 0.2) is 18.2 Å². The van der Waals surface area contributed by atoms with Gasteiger partial charge < -0.3 is 14.8 Å². The third kappa shape index (κ3) is 5.51. The molecule has 0 radical (unpaired) electrons. The predicted molar refractivity (Wildman–Crippen MR) is 76.9 cm³/mol. The van der Waals surface area contributed by atoms with Gasteiger partial charge in [-0.25, -0.2) is 9.18 Å². The highest BCUT2D eigenvalue weighted by molar-refractivity contribution is 6.01. The number of halogens is 1. The van der Waals surface area contributed by atoms with Crippen molar-refractivity contribution in [3.05, 3.63) is 29.6 Å². The molecule has 1 N–H and O–H groups in total. The van der Waals surface area contributed by atoms with Crippen LogP contribution in [-0.4, -0.2) is 31.1 Å². The Morgan fingerprint density at radius 2 is 1.77 bits per heavy atom. The molecule has 0 saturated heterocycles. The van der Waals surface area contributed by atoms with Crippen molar-refractivity contribution in [2.45, 2.75) is 26.7 Å². The van der Waals surface area contributed by atoms with Gasteiger partial charge in [0.15, 0.2) is 0 Å². The lowest BCUT2D eigenvalue weighted by Gasteiger charge is -2.10. The lowest BCUT2D eigenvalue weighted by atomic mass is 10.1. The summed E-state index contributed by atoms with van der Waals surface area (Å²) in [6.07, 6.45) is -0.173. The highest BCUT2D eigenvalue weighted by atomic mass is 19.1. The summed E-state index contributed by atoms with van der Waals surface area (Å²) < 4.78 is 22.8. The maximum atomic E-state index is 13.2. The fourth-order valence-corrected chi connectivity index (χ4v) is 1.66. The van der Waals surface area contributed by atoms with Crippen LogP contribution in [-0.2, 0) is 19.1 Å². The third-order valence-corrected chi connectivity index (χ3v) is 2.61. The maximum absolute atomic E-state index is 13.2. The van der Waals surface area contributed by atoms with E-state index < -0.39 is 23.7 Å². The zero-order valence-electron chi connectivity index (χ0n) is 12.5. The predicted octanol–water partition coefficient (Wildman–Crippen LogP) is 2.28. The van der Waals surface area contributed by atoms with E-state index >= 15 is 0 Å². The number of hydrogen-bond acceptors (Lipinski definition) is 5. The number of carbonyl (C=O) groups excluding carboxylic acids is 3. The quantitative estimate of drug-likeness (QED) is 0.781. The molecule has 22 heavy (non-hydrogen) atoms. The number of carbonyl (C=O) groups is 3. The summed E-state index contributed by atoms with van der Waals surface area (Å²) >= 11 is 0. The molecule has 0 fully saturated rings. The Morgan fingerprint density at radius 1 is 1.09 bits per heavy atom. The molecule has 0 aromatic heterocycles. The number of benzene rings is 1. The highest BCUT2D eigenvalue weighted by Gasteiger charge is 2.16. The van der Waals surface area contributed by atoms with Crippen molar-refractivity contribution in [2.24, 2.45) is 0 Å². The standard InChI is InChI=1S/C15H18FNO5/c1-3-21-14(19)8-7-13(18)17-12-6-5-10(16)9-11(12)15(20)22-4-2/h5-6,9H,3-4,7-8H2,1-2H3,(H,17,18). The first-order valence-electron chi connectivity index (χ1n) is 6.90. The van der Waals surface area contributed by atoms with Crippen molar-refractivity contribution in [1.82, 2.24) is 0 Å². The van der Waals surface area contributed by atoms with E-state index in [9.17, 15) is 18.8 Å². The van der Waals surface area contributed by atoms with Gasteiger partial charge in [-0.2, -0.15) is 0 Å². The summed E-state index contributed by atoms with van der Waals surface area (Å²) in [5.41, 5.74) is 0.0556. The van der Waals surface area contributed by atoms with E-state index in [1.54, 1.807) is 13.8 Å². The number of rotatable bonds is 7. The third-order valence-electron chi connectivity index (χ3n) is 2.61. The Bertz CT molecular complexity index is 559. The molecule has 0 aliphatic heterocycles. The number of nitrogens with one attached hydrogen (secondary N) is 1. The Hall–Kier alpha value is -2.44. The van der Waals surface area contributed by atoms with Crippen LogP contribution in [0, 0.1) is 5.82 Å². The van der Waals surface area contributed by atoms with Gasteiger partial charge in [0.25, 0.3) is 0 Å². The number of anilines is 1. The van der Waals surface area contributed by atoms with Crippen molar-refractivity contribution >= 4 is 23.5 Å². The smallest absolute Gasteiger partial charge is 0.340 e. The van der Waals surface area contributed by atoms with Crippen molar-refractivity contribution in [3.63, 3.8) is 0 Å². The molecule has 0 aliphatic carbocycles. The molecule has 0 saturated carbocycles. The van der Waals surface area contributed by atoms with Crippen LogP contribution >= 0.6 is 0 Å². The Labute approximate surface area is 127 Å². The molecule has 6 nitrogen and oxygen atoms in total. The van der Waals surface area contributed by atoms with Gasteiger partial charge in [-0.1, -0.05) is 0 Å². The number of esters is 2. The van der Waals surface area contributed by atoms with Gasteiger partial charge in [0.2, 0.25) is 5.91 Å². The lowest BCUT2D eigenvalue weighted by molar-refractivity contribution is -0.144. The van der Waals surface area contributed by atoms with Gasteiger partial charge in [0, 0.05) is 6.42 Å². The molecule has 120 valence electrons. The van der Waals surface area contributed by atoms with Crippen molar-refractivity contribution in [3.8, 4) is 0 Å². The fraction of sp³-hybridized carbons (Fsp3) is 0.400. The normalized spacial score (nSPS) is 9.95. The maximum Gasteiger partial charge on any atom is 0.340 e. The minimum absolute atomic E-state index is 0.0738. The van der Waals surface area contributed by atoms with E-state index in [4.69, 9.17) is 9.47 Å².